The van der Waals surface area contributed by atoms with Gasteiger partial charge in [-0.2, -0.15) is 0 Å². The second-order valence-electron chi connectivity index (χ2n) is 7.03. The summed E-state index contributed by atoms with van der Waals surface area (Å²) in [7, 11) is 1.69. The fraction of sp³-hybridized carbons (Fsp3) is 0.318. The van der Waals surface area contributed by atoms with Crippen molar-refractivity contribution >= 4 is 0 Å². The van der Waals surface area contributed by atoms with Crippen molar-refractivity contribution in [2.45, 2.75) is 13.1 Å². The van der Waals surface area contributed by atoms with Crippen molar-refractivity contribution in [1.82, 2.24) is 14.8 Å². The van der Waals surface area contributed by atoms with Gasteiger partial charge in [-0.1, -0.05) is 12.1 Å². The summed E-state index contributed by atoms with van der Waals surface area (Å²) < 4.78 is 24.1. The summed E-state index contributed by atoms with van der Waals surface area (Å²) in [5, 5.41) is 0. The zero-order chi connectivity index (χ0) is 19.3. The number of hydrogen-bond donors (Lipinski definition) is 0. The lowest BCUT2D eigenvalue weighted by molar-refractivity contribution is 0.114. The SMILES string of the molecule is COc1ccc(CN2CCN(Cc3ncc(-c4ccc(F)cc4)o3)CC2)cc1. The maximum atomic E-state index is 13.1. The van der Waals surface area contributed by atoms with Gasteiger partial charge in [0, 0.05) is 38.3 Å². The van der Waals surface area contributed by atoms with Gasteiger partial charge in [0.1, 0.15) is 11.6 Å². The van der Waals surface area contributed by atoms with Crippen molar-refractivity contribution in [3.05, 3.63) is 72.0 Å². The number of oxazole rings is 1. The Hall–Kier alpha value is -2.70. The van der Waals surface area contributed by atoms with E-state index in [4.69, 9.17) is 9.15 Å². The molecule has 0 radical (unpaired) electrons. The van der Waals surface area contributed by atoms with Crippen molar-refractivity contribution < 1.29 is 13.5 Å². The number of piperazine rings is 1. The Balaban J connectivity index is 1.28. The summed E-state index contributed by atoms with van der Waals surface area (Å²) in [4.78, 5) is 9.19. The Morgan fingerprint density at radius 1 is 0.929 bits per heavy atom. The lowest BCUT2D eigenvalue weighted by atomic mass is 10.2. The second kappa shape index (κ2) is 8.54. The summed E-state index contributed by atoms with van der Waals surface area (Å²) in [5.74, 6) is 2.01. The predicted molar refractivity (Wildman–Crippen MR) is 105 cm³/mol. The van der Waals surface area contributed by atoms with Gasteiger partial charge in [-0.15, -0.1) is 0 Å². The van der Waals surface area contributed by atoms with Gasteiger partial charge in [0.25, 0.3) is 0 Å². The molecule has 146 valence electrons. The molecule has 5 nitrogen and oxygen atoms in total. The first-order chi connectivity index (χ1) is 13.7. The molecule has 2 aromatic carbocycles. The van der Waals surface area contributed by atoms with Gasteiger partial charge in [0.2, 0.25) is 5.89 Å². The molecule has 28 heavy (non-hydrogen) atoms. The smallest absolute Gasteiger partial charge is 0.209 e. The monoisotopic (exact) mass is 381 g/mol. The van der Waals surface area contributed by atoms with Crippen LogP contribution in [0, 0.1) is 5.82 Å². The van der Waals surface area contributed by atoms with Crippen LogP contribution in [0.3, 0.4) is 0 Å². The van der Waals surface area contributed by atoms with Crippen molar-refractivity contribution in [2.75, 3.05) is 33.3 Å². The van der Waals surface area contributed by atoms with Crippen molar-refractivity contribution in [2.24, 2.45) is 0 Å². The largest absolute Gasteiger partial charge is 0.497 e. The van der Waals surface area contributed by atoms with Crippen LogP contribution in [0.5, 0.6) is 5.75 Å². The third-order valence-electron chi connectivity index (χ3n) is 5.07. The zero-order valence-electron chi connectivity index (χ0n) is 16.0. The number of aromatic nitrogens is 1. The topological polar surface area (TPSA) is 41.7 Å². The van der Waals surface area contributed by atoms with E-state index in [-0.39, 0.29) is 5.82 Å². The van der Waals surface area contributed by atoms with E-state index in [1.54, 1.807) is 25.4 Å². The number of benzene rings is 2. The minimum Gasteiger partial charge on any atom is -0.497 e. The van der Waals surface area contributed by atoms with Crippen LogP contribution >= 0.6 is 0 Å². The number of hydrogen-bond acceptors (Lipinski definition) is 5. The highest BCUT2D eigenvalue weighted by Gasteiger charge is 2.19. The highest BCUT2D eigenvalue weighted by atomic mass is 19.1. The van der Waals surface area contributed by atoms with Crippen LogP contribution in [0.25, 0.3) is 11.3 Å². The Labute approximate surface area is 164 Å². The predicted octanol–water partition coefficient (Wildman–Crippen LogP) is 3.81. The Bertz CT molecular complexity index is 885. The lowest BCUT2D eigenvalue weighted by Gasteiger charge is -2.34. The van der Waals surface area contributed by atoms with Crippen LogP contribution in [0.1, 0.15) is 11.5 Å². The Morgan fingerprint density at radius 2 is 1.57 bits per heavy atom. The number of rotatable bonds is 6. The molecule has 4 rings (SSSR count). The van der Waals surface area contributed by atoms with E-state index in [1.165, 1.54) is 17.7 Å². The minimum absolute atomic E-state index is 0.254. The number of methoxy groups -OCH3 is 1. The quantitative estimate of drug-likeness (QED) is 0.650. The van der Waals surface area contributed by atoms with E-state index in [1.807, 2.05) is 12.1 Å². The van der Waals surface area contributed by atoms with Gasteiger partial charge >= 0.3 is 0 Å². The molecule has 0 amide bonds. The lowest BCUT2D eigenvalue weighted by Crippen LogP contribution is -2.45. The fourth-order valence-electron chi connectivity index (χ4n) is 3.42. The van der Waals surface area contributed by atoms with E-state index >= 15 is 0 Å². The number of halogens is 1. The molecule has 0 spiro atoms. The van der Waals surface area contributed by atoms with Crippen molar-refractivity contribution in [1.29, 1.82) is 0 Å². The standard InChI is InChI=1S/C22H24FN3O2/c1-27-20-8-2-17(3-9-20)15-25-10-12-26(13-11-25)16-22-24-14-21(28-22)18-4-6-19(23)7-5-18/h2-9,14H,10-13,15-16H2,1H3. The van der Waals surface area contributed by atoms with E-state index in [0.29, 0.717) is 18.2 Å². The minimum atomic E-state index is -0.254. The maximum absolute atomic E-state index is 13.1. The normalized spacial score (nSPS) is 15.6. The molecule has 1 fully saturated rings. The van der Waals surface area contributed by atoms with Crippen molar-refractivity contribution in [3.63, 3.8) is 0 Å². The van der Waals surface area contributed by atoms with Crippen LogP contribution in [-0.4, -0.2) is 48.1 Å². The fourth-order valence-corrected chi connectivity index (χ4v) is 3.42. The van der Waals surface area contributed by atoms with E-state index in [2.05, 4.69) is 26.9 Å². The van der Waals surface area contributed by atoms with Gasteiger partial charge < -0.3 is 9.15 Å². The van der Waals surface area contributed by atoms with E-state index in [9.17, 15) is 4.39 Å². The Kier molecular flexibility index (Phi) is 5.69. The molecule has 3 aromatic rings. The summed E-state index contributed by atoms with van der Waals surface area (Å²) in [6.45, 7) is 5.62. The molecule has 0 unspecified atom stereocenters. The van der Waals surface area contributed by atoms with Crippen LogP contribution in [0.15, 0.2) is 59.1 Å². The third-order valence-corrected chi connectivity index (χ3v) is 5.07. The average Bonchev–Trinajstić information content (AvgIpc) is 3.19. The van der Waals surface area contributed by atoms with Gasteiger partial charge in [-0.05, 0) is 42.0 Å². The first-order valence-electron chi connectivity index (χ1n) is 9.48. The highest BCUT2D eigenvalue weighted by molar-refractivity contribution is 5.55. The molecular weight excluding hydrogens is 357 g/mol. The molecule has 0 aliphatic carbocycles. The van der Waals surface area contributed by atoms with Gasteiger partial charge in [-0.3, -0.25) is 9.80 Å². The molecule has 2 heterocycles. The molecule has 1 aliphatic heterocycles. The maximum Gasteiger partial charge on any atom is 0.209 e. The van der Waals surface area contributed by atoms with Crippen LogP contribution in [-0.2, 0) is 13.1 Å². The zero-order valence-corrected chi connectivity index (χ0v) is 16.0. The molecule has 0 bridgehead atoms. The second-order valence-corrected chi connectivity index (χ2v) is 7.03. The first kappa shape index (κ1) is 18.7. The summed E-state index contributed by atoms with van der Waals surface area (Å²) in [6.07, 6.45) is 1.71. The Morgan fingerprint density at radius 3 is 2.21 bits per heavy atom. The molecule has 1 saturated heterocycles. The van der Waals surface area contributed by atoms with E-state index < -0.39 is 0 Å². The summed E-state index contributed by atoms with van der Waals surface area (Å²) in [6, 6.07) is 14.5. The molecule has 6 heteroatoms. The van der Waals surface area contributed by atoms with Crippen LogP contribution < -0.4 is 4.74 Å². The van der Waals surface area contributed by atoms with Gasteiger partial charge in [0.15, 0.2) is 5.76 Å². The van der Waals surface area contributed by atoms with Crippen LogP contribution in [0.2, 0.25) is 0 Å². The first-order valence-corrected chi connectivity index (χ1v) is 9.48. The summed E-state index contributed by atoms with van der Waals surface area (Å²) in [5.41, 5.74) is 2.13. The summed E-state index contributed by atoms with van der Waals surface area (Å²) >= 11 is 0. The van der Waals surface area contributed by atoms with Gasteiger partial charge in [0.05, 0.1) is 19.9 Å². The molecule has 1 aliphatic rings. The number of nitrogens with zero attached hydrogens (tertiary/aromatic N) is 3. The molecule has 0 saturated carbocycles. The molecule has 1 aromatic heterocycles. The van der Waals surface area contributed by atoms with E-state index in [0.717, 1.165) is 44.0 Å². The molecule has 0 N–H and O–H groups in total. The number of ether oxygens (including phenoxy) is 1. The van der Waals surface area contributed by atoms with Gasteiger partial charge in [-0.25, -0.2) is 9.37 Å². The van der Waals surface area contributed by atoms with Crippen LogP contribution in [0.4, 0.5) is 4.39 Å². The highest BCUT2D eigenvalue weighted by Crippen LogP contribution is 2.21. The molecule has 0 atom stereocenters. The molecular formula is C22H24FN3O2. The van der Waals surface area contributed by atoms with Crippen molar-refractivity contribution in [3.8, 4) is 17.1 Å². The average molecular weight is 381 g/mol. The third kappa shape index (κ3) is 4.58.